The summed E-state index contributed by atoms with van der Waals surface area (Å²) in [5, 5.41) is 15.2. The van der Waals surface area contributed by atoms with Gasteiger partial charge in [0.05, 0.1) is 12.6 Å². The van der Waals surface area contributed by atoms with Crippen LogP contribution in [0.4, 0.5) is 5.13 Å². The zero-order valence-electron chi connectivity index (χ0n) is 14.5. The average molecular weight is 379 g/mol. The largest absolute Gasteiger partial charge is 0.296 e. The molecule has 0 radical (unpaired) electrons. The second-order valence-electron chi connectivity index (χ2n) is 5.71. The van der Waals surface area contributed by atoms with Gasteiger partial charge in [-0.05, 0) is 24.6 Å². The fraction of sp³-hybridized carbons (Fsp3) is 0.105. The molecule has 3 rings (SSSR count). The number of benzene rings is 2. The van der Waals surface area contributed by atoms with Crippen molar-refractivity contribution < 1.29 is 9.59 Å². The Labute approximate surface area is 160 Å². The van der Waals surface area contributed by atoms with E-state index in [2.05, 4.69) is 26.0 Å². The SMILES string of the molecule is Cc1cccc(/C=N/NC(=O)Cc2nnc(NC(=O)c3ccccc3)s2)c1. The van der Waals surface area contributed by atoms with Crippen LogP contribution in [0.15, 0.2) is 59.7 Å². The molecule has 8 heteroatoms. The van der Waals surface area contributed by atoms with Gasteiger partial charge in [0.25, 0.3) is 5.91 Å². The smallest absolute Gasteiger partial charge is 0.257 e. The number of amides is 2. The first-order valence-electron chi connectivity index (χ1n) is 8.17. The standard InChI is InChI=1S/C19H17N5O2S/c1-13-6-5-7-14(10-13)12-20-22-16(25)11-17-23-24-19(27-17)21-18(26)15-8-3-2-4-9-15/h2-10,12H,11H2,1H3,(H,22,25)(H,21,24,26)/b20-12+. The van der Waals surface area contributed by atoms with Gasteiger partial charge in [-0.2, -0.15) is 5.10 Å². The summed E-state index contributed by atoms with van der Waals surface area (Å²) < 4.78 is 0. The van der Waals surface area contributed by atoms with Crippen LogP contribution in [0.3, 0.4) is 0 Å². The van der Waals surface area contributed by atoms with Gasteiger partial charge in [0.15, 0.2) is 0 Å². The van der Waals surface area contributed by atoms with E-state index >= 15 is 0 Å². The zero-order chi connectivity index (χ0) is 19.1. The van der Waals surface area contributed by atoms with Crippen LogP contribution in [0.25, 0.3) is 0 Å². The van der Waals surface area contributed by atoms with Crippen LogP contribution in [0.5, 0.6) is 0 Å². The van der Waals surface area contributed by atoms with Gasteiger partial charge in [0.1, 0.15) is 5.01 Å². The van der Waals surface area contributed by atoms with Crippen molar-refractivity contribution in [3.63, 3.8) is 0 Å². The number of carbonyl (C=O) groups excluding carboxylic acids is 2. The highest BCUT2D eigenvalue weighted by molar-refractivity contribution is 7.15. The number of rotatable bonds is 6. The number of anilines is 1. The topological polar surface area (TPSA) is 96.3 Å². The van der Waals surface area contributed by atoms with E-state index in [0.29, 0.717) is 15.7 Å². The molecular formula is C19H17N5O2S. The zero-order valence-corrected chi connectivity index (χ0v) is 15.4. The lowest BCUT2D eigenvalue weighted by Gasteiger charge is -1.99. The number of aromatic nitrogens is 2. The van der Waals surface area contributed by atoms with Crippen molar-refractivity contribution in [2.24, 2.45) is 5.10 Å². The molecule has 3 aromatic rings. The van der Waals surface area contributed by atoms with Crippen LogP contribution in [0, 0.1) is 6.92 Å². The maximum atomic E-state index is 12.1. The van der Waals surface area contributed by atoms with Crippen LogP contribution in [0.2, 0.25) is 0 Å². The molecule has 0 fully saturated rings. The molecule has 2 aromatic carbocycles. The van der Waals surface area contributed by atoms with Gasteiger partial charge in [-0.25, -0.2) is 5.43 Å². The van der Waals surface area contributed by atoms with Crippen LogP contribution in [-0.4, -0.2) is 28.2 Å². The van der Waals surface area contributed by atoms with Crippen molar-refractivity contribution in [1.29, 1.82) is 0 Å². The Morgan fingerprint density at radius 3 is 2.70 bits per heavy atom. The van der Waals surface area contributed by atoms with Crippen molar-refractivity contribution >= 4 is 34.5 Å². The monoisotopic (exact) mass is 379 g/mol. The van der Waals surface area contributed by atoms with Crippen molar-refractivity contribution in [3.05, 3.63) is 76.3 Å². The fourth-order valence-corrected chi connectivity index (χ4v) is 2.97. The first-order chi connectivity index (χ1) is 13.1. The fourth-order valence-electron chi connectivity index (χ4n) is 2.24. The average Bonchev–Trinajstić information content (AvgIpc) is 3.09. The number of hydrogen-bond donors (Lipinski definition) is 2. The summed E-state index contributed by atoms with van der Waals surface area (Å²) in [5.74, 6) is -0.582. The Hall–Kier alpha value is -3.39. The molecule has 0 spiro atoms. The Balaban J connectivity index is 1.51. The van der Waals surface area contributed by atoms with Gasteiger partial charge in [-0.3, -0.25) is 14.9 Å². The summed E-state index contributed by atoms with van der Waals surface area (Å²) >= 11 is 1.15. The number of hydrazone groups is 1. The van der Waals surface area contributed by atoms with Crippen molar-refractivity contribution in [1.82, 2.24) is 15.6 Å². The van der Waals surface area contributed by atoms with Crippen molar-refractivity contribution in [3.8, 4) is 0 Å². The summed E-state index contributed by atoms with van der Waals surface area (Å²) in [4.78, 5) is 24.0. The third-order valence-electron chi connectivity index (χ3n) is 3.48. The molecule has 136 valence electrons. The van der Waals surface area contributed by atoms with Gasteiger partial charge in [0, 0.05) is 5.56 Å². The summed E-state index contributed by atoms with van der Waals surface area (Å²) in [6.07, 6.45) is 1.61. The Morgan fingerprint density at radius 2 is 1.93 bits per heavy atom. The molecule has 0 saturated heterocycles. The highest BCUT2D eigenvalue weighted by Gasteiger charge is 2.12. The predicted octanol–water partition coefficient (Wildman–Crippen LogP) is 2.79. The number of aryl methyl sites for hydroxylation is 1. The van der Waals surface area contributed by atoms with Crippen LogP contribution in [-0.2, 0) is 11.2 Å². The van der Waals surface area contributed by atoms with E-state index in [1.165, 1.54) is 0 Å². The second kappa shape index (κ2) is 8.81. The molecule has 1 heterocycles. The normalized spacial score (nSPS) is 10.7. The maximum Gasteiger partial charge on any atom is 0.257 e. The predicted molar refractivity (Wildman–Crippen MR) is 105 cm³/mol. The van der Waals surface area contributed by atoms with Gasteiger partial charge >= 0.3 is 0 Å². The molecule has 0 aliphatic heterocycles. The quantitative estimate of drug-likeness (QED) is 0.508. The highest BCUT2D eigenvalue weighted by atomic mass is 32.1. The summed E-state index contributed by atoms with van der Waals surface area (Å²) in [6, 6.07) is 16.6. The summed E-state index contributed by atoms with van der Waals surface area (Å²) in [7, 11) is 0. The van der Waals surface area contributed by atoms with Crippen molar-refractivity contribution in [2.75, 3.05) is 5.32 Å². The van der Waals surface area contributed by atoms with Crippen LogP contribution < -0.4 is 10.7 Å². The first kappa shape index (κ1) is 18.4. The molecular weight excluding hydrogens is 362 g/mol. The Kier molecular flexibility index (Phi) is 6.01. The molecule has 2 amide bonds. The molecule has 0 unspecified atom stereocenters. The molecule has 0 aliphatic rings. The van der Waals surface area contributed by atoms with Crippen molar-refractivity contribution in [2.45, 2.75) is 13.3 Å². The number of hydrogen-bond acceptors (Lipinski definition) is 6. The van der Waals surface area contributed by atoms with E-state index in [9.17, 15) is 9.59 Å². The lowest BCUT2D eigenvalue weighted by molar-refractivity contribution is -0.120. The maximum absolute atomic E-state index is 12.1. The van der Waals surface area contributed by atoms with Gasteiger partial charge in [0.2, 0.25) is 11.0 Å². The minimum Gasteiger partial charge on any atom is -0.296 e. The minimum absolute atomic E-state index is 0.0318. The highest BCUT2D eigenvalue weighted by Crippen LogP contribution is 2.16. The van der Waals surface area contributed by atoms with Gasteiger partial charge in [-0.15, -0.1) is 10.2 Å². The van der Waals surface area contributed by atoms with E-state index in [1.54, 1.807) is 30.5 Å². The Morgan fingerprint density at radius 1 is 1.11 bits per heavy atom. The molecule has 2 N–H and O–H groups in total. The number of carbonyl (C=O) groups is 2. The van der Waals surface area contributed by atoms with E-state index in [0.717, 1.165) is 22.5 Å². The third-order valence-corrected chi connectivity index (χ3v) is 4.32. The lowest BCUT2D eigenvalue weighted by Crippen LogP contribution is -2.19. The summed E-state index contributed by atoms with van der Waals surface area (Å²) in [6.45, 7) is 1.99. The van der Waals surface area contributed by atoms with E-state index < -0.39 is 0 Å². The molecule has 1 aromatic heterocycles. The minimum atomic E-state index is -0.309. The van der Waals surface area contributed by atoms with E-state index in [4.69, 9.17) is 0 Å². The van der Waals surface area contributed by atoms with Gasteiger partial charge < -0.3 is 0 Å². The number of nitrogens with zero attached hydrogens (tertiary/aromatic N) is 3. The van der Waals surface area contributed by atoms with E-state index in [-0.39, 0.29) is 18.2 Å². The van der Waals surface area contributed by atoms with E-state index in [1.807, 2.05) is 37.3 Å². The molecule has 27 heavy (non-hydrogen) atoms. The molecule has 0 aliphatic carbocycles. The third kappa shape index (κ3) is 5.55. The molecule has 0 bridgehead atoms. The first-order valence-corrected chi connectivity index (χ1v) is 8.99. The lowest BCUT2D eigenvalue weighted by atomic mass is 10.2. The van der Waals surface area contributed by atoms with Crippen LogP contribution >= 0.6 is 11.3 Å². The molecule has 7 nitrogen and oxygen atoms in total. The molecule has 0 atom stereocenters. The molecule has 0 saturated carbocycles. The number of nitrogens with one attached hydrogen (secondary N) is 2. The summed E-state index contributed by atoms with van der Waals surface area (Å²) in [5.41, 5.74) is 5.00. The Bertz CT molecular complexity index is 969. The van der Waals surface area contributed by atoms with Gasteiger partial charge in [-0.1, -0.05) is 59.4 Å². The van der Waals surface area contributed by atoms with Crippen LogP contribution in [0.1, 0.15) is 26.5 Å². The second-order valence-corrected chi connectivity index (χ2v) is 6.77.